The molecule has 0 spiro atoms. The van der Waals surface area contributed by atoms with E-state index in [1.165, 1.54) is 0 Å². The SMILES string of the molecule is Cc1c(Cl)cccc1NC(=O)c1cc(-c2cccnc2)on1. The Hall–Kier alpha value is -2.66. The topological polar surface area (TPSA) is 68.0 Å². The van der Waals surface area contributed by atoms with Gasteiger partial charge in [0.15, 0.2) is 11.5 Å². The first kappa shape index (κ1) is 14.3. The summed E-state index contributed by atoms with van der Waals surface area (Å²) >= 11 is 6.04. The lowest BCUT2D eigenvalue weighted by atomic mass is 10.2. The van der Waals surface area contributed by atoms with Crippen LogP contribution in [0.4, 0.5) is 5.69 Å². The summed E-state index contributed by atoms with van der Waals surface area (Å²) in [4.78, 5) is 16.2. The Labute approximate surface area is 131 Å². The number of rotatable bonds is 3. The molecule has 0 saturated carbocycles. The van der Waals surface area contributed by atoms with Crippen LogP contribution < -0.4 is 5.32 Å². The summed E-state index contributed by atoms with van der Waals surface area (Å²) in [5.41, 5.74) is 2.39. The average Bonchev–Trinajstić information content (AvgIpc) is 3.03. The molecule has 0 saturated heterocycles. The van der Waals surface area contributed by atoms with Crippen molar-refractivity contribution in [3.63, 3.8) is 0 Å². The Morgan fingerprint density at radius 3 is 2.91 bits per heavy atom. The Kier molecular flexibility index (Phi) is 3.89. The highest BCUT2D eigenvalue weighted by Crippen LogP contribution is 2.24. The van der Waals surface area contributed by atoms with Gasteiger partial charge in [-0.1, -0.05) is 22.8 Å². The van der Waals surface area contributed by atoms with E-state index in [1.54, 1.807) is 42.7 Å². The van der Waals surface area contributed by atoms with Gasteiger partial charge in [0.25, 0.3) is 5.91 Å². The first-order chi connectivity index (χ1) is 10.6. The molecule has 1 aromatic carbocycles. The van der Waals surface area contributed by atoms with Crippen molar-refractivity contribution in [3.05, 3.63) is 65.1 Å². The van der Waals surface area contributed by atoms with Crippen LogP contribution in [-0.2, 0) is 0 Å². The molecule has 0 aliphatic rings. The molecule has 0 fully saturated rings. The number of aromatic nitrogens is 2. The van der Waals surface area contributed by atoms with Crippen LogP contribution in [0.1, 0.15) is 16.1 Å². The normalized spacial score (nSPS) is 10.5. The van der Waals surface area contributed by atoms with Crippen LogP contribution in [0.2, 0.25) is 5.02 Å². The van der Waals surface area contributed by atoms with Crippen molar-refractivity contribution in [2.75, 3.05) is 5.32 Å². The number of hydrogen-bond acceptors (Lipinski definition) is 4. The van der Waals surface area contributed by atoms with Gasteiger partial charge in [-0.15, -0.1) is 0 Å². The number of benzene rings is 1. The van der Waals surface area contributed by atoms with Gasteiger partial charge < -0.3 is 9.84 Å². The molecule has 2 heterocycles. The van der Waals surface area contributed by atoms with Crippen molar-refractivity contribution < 1.29 is 9.32 Å². The molecule has 0 radical (unpaired) electrons. The zero-order chi connectivity index (χ0) is 15.5. The van der Waals surface area contributed by atoms with Crippen molar-refractivity contribution >= 4 is 23.2 Å². The molecule has 0 atom stereocenters. The molecule has 22 heavy (non-hydrogen) atoms. The van der Waals surface area contributed by atoms with Gasteiger partial charge in [0, 0.05) is 34.7 Å². The van der Waals surface area contributed by atoms with Gasteiger partial charge in [0.2, 0.25) is 0 Å². The molecule has 2 aromatic heterocycles. The number of nitrogens with one attached hydrogen (secondary N) is 1. The molecule has 6 heteroatoms. The Morgan fingerprint density at radius 2 is 2.14 bits per heavy atom. The molecule has 1 N–H and O–H groups in total. The fourth-order valence-corrected chi connectivity index (χ4v) is 2.13. The lowest BCUT2D eigenvalue weighted by Crippen LogP contribution is -2.13. The van der Waals surface area contributed by atoms with E-state index in [2.05, 4.69) is 15.5 Å². The van der Waals surface area contributed by atoms with Gasteiger partial charge in [-0.25, -0.2) is 0 Å². The monoisotopic (exact) mass is 313 g/mol. The summed E-state index contributed by atoms with van der Waals surface area (Å²) in [6.07, 6.45) is 3.30. The van der Waals surface area contributed by atoms with Gasteiger partial charge in [-0.3, -0.25) is 9.78 Å². The van der Waals surface area contributed by atoms with E-state index in [0.29, 0.717) is 16.5 Å². The third-order valence-corrected chi connectivity index (χ3v) is 3.61. The second kappa shape index (κ2) is 5.99. The van der Waals surface area contributed by atoms with Gasteiger partial charge >= 0.3 is 0 Å². The van der Waals surface area contributed by atoms with E-state index in [4.69, 9.17) is 16.1 Å². The lowest BCUT2D eigenvalue weighted by molar-refractivity contribution is 0.101. The second-order valence-corrected chi connectivity index (χ2v) is 5.09. The highest BCUT2D eigenvalue weighted by Gasteiger charge is 2.15. The highest BCUT2D eigenvalue weighted by atomic mass is 35.5. The molecule has 5 nitrogen and oxygen atoms in total. The molecule has 0 bridgehead atoms. The Balaban J connectivity index is 1.82. The maximum atomic E-state index is 12.2. The molecular weight excluding hydrogens is 302 g/mol. The third-order valence-electron chi connectivity index (χ3n) is 3.20. The van der Waals surface area contributed by atoms with Crippen LogP contribution in [0.15, 0.2) is 53.3 Å². The lowest BCUT2D eigenvalue weighted by Gasteiger charge is -2.07. The highest BCUT2D eigenvalue weighted by molar-refractivity contribution is 6.31. The fraction of sp³-hybridized carbons (Fsp3) is 0.0625. The summed E-state index contributed by atoms with van der Waals surface area (Å²) in [5, 5.41) is 7.16. The van der Waals surface area contributed by atoms with E-state index in [-0.39, 0.29) is 11.6 Å². The zero-order valence-corrected chi connectivity index (χ0v) is 12.5. The number of pyridine rings is 1. The Bertz CT molecular complexity index is 815. The van der Waals surface area contributed by atoms with E-state index < -0.39 is 0 Å². The predicted molar refractivity (Wildman–Crippen MR) is 83.9 cm³/mol. The molecule has 0 aliphatic carbocycles. The fourth-order valence-electron chi connectivity index (χ4n) is 1.96. The first-order valence-electron chi connectivity index (χ1n) is 6.59. The number of carbonyl (C=O) groups is 1. The standard InChI is InChI=1S/C16H12ClN3O2/c1-10-12(17)5-2-6-13(10)19-16(21)14-8-15(22-20-14)11-4-3-7-18-9-11/h2-9H,1H3,(H,19,21). The number of hydrogen-bond donors (Lipinski definition) is 1. The summed E-state index contributed by atoms with van der Waals surface area (Å²) in [6.45, 7) is 1.84. The maximum absolute atomic E-state index is 12.2. The predicted octanol–water partition coefficient (Wildman–Crippen LogP) is 3.95. The quantitative estimate of drug-likeness (QED) is 0.795. The van der Waals surface area contributed by atoms with Crippen molar-refractivity contribution in [1.82, 2.24) is 10.1 Å². The second-order valence-electron chi connectivity index (χ2n) is 4.68. The minimum atomic E-state index is -0.357. The van der Waals surface area contributed by atoms with Crippen LogP contribution in [0.25, 0.3) is 11.3 Å². The molecule has 3 aromatic rings. The van der Waals surface area contributed by atoms with Crippen LogP contribution >= 0.6 is 11.6 Å². The van der Waals surface area contributed by atoms with Crippen LogP contribution in [0.3, 0.4) is 0 Å². The largest absolute Gasteiger partial charge is 0.355 e. The van der Waals surface area contributed by atoms with Crippen LogP contribution in [-0.4, -0.2) is 16.0 Å². The number of carbonyl (C=O) groups excluding carboxylic acids is 1. The summed E-state index contributed by atoms with van der Waals surface area (Å²) < 4.78 is 5.19. The summed E-state index contributed by atoms with van der Waals surface area (Å²) in [5.74, 6) is 0.130. The smallest absolute Gasteiger partial charge is 0.277 e. The maximum Gasteiger partial charge on any atom is 0.277 e. The van der Waals surface area contributed by atoms with Crippen molar-refractivity contribution in [1.29, 1.82) is 0 Å². The van der Waals surface area contributed by atoms with Crippen molar-refractivity contribution in [2.24, 2.45) is 0 Å². The minimum Gasteiger partial charge on any atom is -0.355 e. The number of halogens is 1. The van der Waals surface area contributed by atoms with E-state index in [9.17, 15) is 4.79 Å². The molecule has 110 valence electrons. The van der Waals surface area contributed by atoms with E-state index >= 15 is 0 Å². The molecular formula is C16H12ClN3O2. The summed E-state index contributed by atoms with van der Waals surface area (Å²) in [6, 6.07) is 10.5. The molecule has 0 unspecified atom stereocenters. The minimum absolute atomic E-state index is 0.193. The van der Waals surface area contributed by atoms with Crippen LogP contribution in [0.5, 0.6) is 0 Å². The molecule has 3 rings (SSSR count). The first-order valence-corrected chi connectivity index (χ1v) is 6.96. The van der Waals surface area contributed by atoms with Gasteiger partial charge in [0.1, 0.15) is 0 Å². The molecule has 1 amide bonds. The van der Waals surface area contributed by atoms with Crippen LogP contribution in [0, 0.1) is 6.92 Å². The summed E-state index contributed by atoms with van der Waals surface area (Å²) in [7, 11) is 0. The van der Waals surface area contributed by atoms with Gasteiger partial charge in [-0.2, -0.15) is 0 Å². The average molecular weight is 314 g/mol. The number of anilines is 1. The van der Waals surface area contributed by atoms with Crippen molar-refractivity contribution in [2.45, 2.75) is 6.92 Å². The number of amides is 1. The third kappa shape index (κ3) is 2.84. The molecule has 0 aliphatic heterocycles. The van der Waals surface area contributed by atoms with Crippen molar-refractivity contribution in [3.8, 4) is 11.3 Å². The zero-order valence-electron chi connectivity index (χ0n) is 11.7. The van der Waals surface area contributed by atoms with E-state index in [1.807, 2.05) is 13.0 Å². The Morgan fingerprint density at radius 1 is 1.27 bits per heavy atom. The van der Waals surface area contributed by atoms with Gasteiger partial charge in [-0.05, 0) is 36.8 Å². The number of nitrogens with zero attached hydrogens (tertiary/aromatic N) is 2. The van der Waals surface area contributed by atoms with E-state index in [0.717, 1.165) is 11.1 Å². The van der Waals surface area contributed by atoms with Gasteiger partial charge in [0.05, 0.1) is 0 Å².